The number of nitrogen functional groups attached to an aromatic ring is 1. The molecular weight excluding hydrogens is 232 g/mol. The molecule has 0 fully saturated rings. The molecule has 1 amide bonds. The number of hydrogen-bond donors (Lipinski definition) is 2. The molecule has 0 bridgehead atoms. The van der Waals surface area contributed by atoms with Crippen LogP contribution in [0.15, 0.2) is 12.1 Å². The number of anilines is 1. The fraction of sp³-hybridized carbons (Fsp3) is 0.417. The molecule has 0 radical (unpaired) electrons. The van der Waals surface area contributed by atoms with E-state index in [1.54, 1.807) is 6.07 Å². The Morgan fingerprint density at radius 2 is 2.28 bits per heavy atom. The molecule has 6 heteroatoms. The summed E-state index contributed by atoms with van der Waals surface area (Å²) in [6, 6.07) is 1.72. The van der Waals surface area contributed by atoms with Gasteiger partial charge in [0.25, 0.3) is 0 Å². The van der Waals surface area contributed by atoms with Crippen LogP contribution in [0, 0.1) is 6.92 Å². The van der Waals surface area contributed by atoms with Crippen LogP contribution >= 0.6 is 0 Å². The molecule has 1 aliphatic heterocycles. The SMILES string of the molecule is Cc1cc(N)nnc1C1=CCN(C(=O)O)C(C)C1. The predicted octanol–water partition coefficient (Wildman–Crippen LogP) is 1.52. The van der Waals surface area contributed by atoms with Crippen molar-refractivity contribution in [2.75, 3.05) is 12.3 Å². The molecule has 1 unspecified atom stereocenters. The van der Waals surface area contributed by atoms with Gasteiger partial charge in [-0.25, -0.2) is 4.79 Å². The average Bonchev–Trinajstić information content (AvgIpc) is 2.28. The molecule has 0 aromatic carbocycles. The van der Waals surface area contributed by atoms with Gasteiger partial charge in [-0.05, 0) is 37.5 Å². The minimum atomic E-state index is -0.891. The summed E-state index contributed by atoms with van der Waals surface area (Å²) in [5, 5.41) is 17.0. The highest BCUT2D eigenvalue weighted by atomic mass is 16.4. The summed E-state index contributed by atoms with van der Waals surface area (Å²) in [5.41, 5.74) is 8.37. The number of rotatable bonds is 1. The number of nitrogens with two attached hydrogens (primary N) is 1. The van der Waals surface area contributed by atoms with E-state index >= 15 is 0 Å². The van der Waals surface area contributed by atoms with Gasteiger partial charge in [-0.1, -0.05) is 6.08 Å². The van der Waals surface area contributed by atoms with Gasteiger partial charge in [0.2, 0.25) is 0 Å². The van der Waals surface area contributed by atoms with Crippen molar-refractivity contribution in [2.45, 2.75) is 26.3 Å². The van der Waals surface area contributed by atoms with Crippen LogP contribution in [-0.2, 0) is 0 Å². The zero-order valence-corrected chi connectivity index (χ0v) is 10.4. The van der Waals surface area contributed by atoms with Crippen LogP contribution in [0.4, 0.5) is 10.6 Å². The van der Waals surface area contributed by atoms with Gasteiger partial charge in [0.1, 0.15) is 5.82 Å². The topological polar surface area (TPSA) is 92.3 Å². The van der Waals surface area contributed by atoms with E-state index in [0.29, 0.717) is 18.8 Å². The van der Waals surface area contributed by atoms with Crippen LogP contribution in [0.25, 0.3) is 5.57 Å². The summed E-state index contributed by atoms with van der Waals surface area (Å²) in [5.74, 6) is 0.396. The number of hydrogen-bond acceptors (Lipinski definition) is 4. The molecule has 2 rings (SSSR count). The minimum Gasteiger partial charge on any atom is -0.465 e. The van der Waals surface area contributed by atoms with Crippen molar-refractivity contribution in [3.05, 3.63) is 23.4 Å². The lowest BCUT2D eigenvalue weighted by Gasteiger charge is -2.30. The second-order valence-corrected chi connectivity index (χ2v) is 4.52. The maximum atomic E-state index is 11.0. The zero-order chi connectivity index (χ0) is 13.3. The lowest BCUT2D eigenvalue weighted by molar-refractivity contribution is 0.133. The lowest BCUT2D eigenvalue weighted by Crippen LogP contribution is -2.40. The van der Waals surface area contributed by atoms with Crippen molar-refractivity contribution in [1.82, 2.24) is 15.1 Å². The first-order valence-electron chi connectivity index (χ1n) is 5.78. The van der Waals surface area contributed by atoms with E-state index in [2.05, 4.69) is 10.2 Å². The number of carbonyl (C=O) groups is 1. The second-order valence-electron chi connectivity index (χ2n) is 4.52. The number of carboxylic acid groups (broad SMARTS) is 1. The third-order valence-electron chi connectivity index (χ3n) is 3.14. The Balaban J connectivity index is 2.28. The maximum absolute atomic E-state index is 11.0. The summed E-state index contributed by atoms with van der Waals surface area (Å²) in [6.45, 7) is 4.20. The van der Waals surface area contributed by atoms with Crippen LogP contribution in [0.3, 0.4) is 0 Å². The molecular formula is C12H16N4O2. The summed E-state index contributed by atoms with van der Waals surface area (Å²) >= 11 is 0. The minimum absolute atomic E-state index is 0.0544. The monoisotopic (exact) mass is 248 g/mol. The highest BCUT2D eigenvalue weighted by molar-refractivity contribution is 5.71. The Kier molecular flexibility index (Phi) is 3.18. The van der Waals surface area contributed by atoms with E-state index in [-0.39, 0.29) is 6.04 Å². The molecule has 6 nitrogen and oxygen atoms in total. The van der Waals surface area contributed by atoms with E-state index in [1.165, 1.54) is 4.90 Å². The molecule has 0 aliphatic carbocycles. The van der Waals surface area contributed by atoms with Crippen LogP contribution in [-0.4, -0.2) is 38.9 Å². The van der Waals surface area contributed by atoms with Crippen molar-refractivity contribution in [3.8, 4) is 0 Å². The van der Waals surface area contributed by atoms with Gasteiger partial charge in [0, 0.05) is 12.6 Å². The Morgan fingerprint density at radius 3 is 2.83 bits per heavy atom. The average molecular weight is 248 g/mol. The molecule has 2 heterocycles. The van der Waals surface area contributed by atoms with E-state index in [9.17, 15) is 4.79 Å². The Hall–Kier alpha value is -2.11. The number of nitrogens with zero attached hydrogens (tertiary/aromatic N) is 3. The van der Waals surface area contributed by atoms with E-state index in [1.807, 2.05) is 19.9 Å². The molecule has 0 saturated heterocycles. The summed E-state index contributed by atoms with van der Waals surface area (Å²) < 4.78 is 0. The molecule has 1 aliphatic rings. The summed E-state index contributed by atoms with van der Waals surface area (Å²) in [6.07, 6.45) is 1.64. The third kappa shape index (κ3) is 2.27. The molecule has 1 atom stereocenters. The molecule has 96 valence electrons. The van der Waals surface area contributed by atoms with Crippen molar-refractivity contribution >= 4 is 17.5 Å². The fourth-order valence-corrected chi connectivity index (χ4v) is 2.18. The Bertz CT molecular complexity index is 513. The summed E-state index contributed by atoms with van der Waals surface area (Å²) in [7, 11) is 0. The molecule has 18 heavy (non-hydrogen) atoms. The standard InChI is InChI=1S/C12H16N4O2/c1-7-5-10(13)14-15-11(7)9-3-4-16(12(17)18)8(2)6-9/h3,5,8H,4,6H2,1-2H3,(H2,13,14)(H,17,18). The normalized spacial score (nSPS) is 19.6. The molecule has 0 spiro atoms. The molecule has 1 aromatic heterocycles. The van der Waals surface area contributed by atoms with Crippen LogP contribution < -0.4 is 5.73 Å². The number of aryl methyl sites for hydroxylation is 1. The lowest BCUT2D eigenvalue weighted by atomic mass is 9.96. The van der Waals surface area contributed by atoms with Crippen molar-refractivity contribution in [2.24, 2.45) is 0 Å². The summed E-state index contributed by atoms with van der Waals surface area (Å²) in [4.78, 5) is 12.4. The maximum Gasteiger partial charge on any atom is 0.407 e. The van der Waals surface area contributed by atoms with Crippen molar-refractivity contribution in [1.29, 1.82) is 0 Å². The quantitative estimate of drug-likeness (QED) is 0.786. The predicted molar refractivity (Wildman–Crippen MR) is 68.0 cm³/mol. The van der Waals surface area contributed by atoms with E-state index in [4.69, 9.17) is 10.8 Å². The van der Waals surface area contributed by atoms with Crippen molar-refractivity contribution in [3.63, 3.8) is 0 Å². The van der Waals surface area contributed by atoms with Gasteiger partial charge in [-0.3, -0.25) is 0 Å². The number of aromatic nitrogens is 2. The van der Waals surface area contributed by atoms with Crippen LogP contribution in [0.5, 0.6) is 0 Å². The first-order chi connectivity index (χ1) is 8.49. The largest absolute Gasteiger partial charge is 0.465 e. The third-order valence-corrected chi connectivity index (χ3v) is 3.14. The molecule has 3 N–H and O–H groups in total. The zero-order valence-electron chi connectivity index (χ0n) is 10.4. The molecule has 1 aromatic rings. The van der Waals surface area contributed by atoms with Gasteiger partial charge >= 0.3 is 6.09 Å². The van der Waals surface area contributed by atoms with Crippen LogP contribution in [0.2, 0.25) is 0 Å². The van der Waals surface area contributed by atoms with Crippen LogP contribution in [0.1, 0.15) is 24.6 Å². The first-order valence-corrected chi connectivity index (χ1v) is 5.78. The van der Waals surface area contributed by atoms with Gasteiger partial charge in [-0.2, -0.15) is 0 Å². The highest BCUT2D eigenvalue weighted by Gasteiger charge is 2.25. The van der Waals surface area contributed by atoms with Crippen molar-refractivity contribution < 1.29 is 9.90 Å². The van der Waals surface area contributed by atoms with Gasteiger partial charge < -0.3 is 15.7 Å². The van der Waals surface area contributed by atoms with Gasteiger partial charge in [-0.15, -0.1) is 10.2 Å². The first kappa shape index (κ1) is 12.3. The van der Waals surface area contributed by atoms with Gasteiger partial charge in [0.15, 0.2) is 0 Å². The van der Waals surface area contributed by atoms with E-state index in [0.717, 1.165) is 16.8 Å². The molecule has 0 saturated carbocycles. The number of amides is 1. The highest BCUT2D eigenvalue weighted by Crippen LogP contribution is 2.27. The van der Waals surface area contributed by atoms with E-state index < -0.39 is 6.09 Å². The fourth-order valence-electron chi connectivity index (χ4n) is 2.18. The Morgan fingerprint density at radius 1 is 1.56 bits per heavy atom. The Labute approximate surface area is 105 Å². The van der Waals surface area contributed by atoms with Gasteiger partial charge in [0.05, 0.1) is 5.69 Å². The second kappa shape index (κ2) is 4.64. The smallest absolute Gasteiger partial charge is 0.407 e.